The van der Waals surface area contributed by atoms with Crippen LogP contribution in [-0.4, -0.2) is 24.0 Å². The maximum Gasteiger partial charge on any atom is 0.168 e. The molecule has 33 heavy (non-hydrogen) atoms. The third-order valence-electron chi connectivity index (χ3n) is 7.97. The number of pyridine rings is 1. The second-order valence-electron chi connectivity index (χ2n) is 9.83. The standard InChI is InChI=1S/C29H31NO3/c1-2-5-22(6-3-1)18-28-12-13-29(32-15-16-33-29)19-25(28)9-8-24-17-26(10-11-27(24)28)31-21-23-7-4-14-30-20-23/h1-7,10-11,14,17,20,25H,8-9,12-13,15-16,18-19,21H2/t25-,28-/m0/s1. The van der Waals surface area contributed by atoms with E-state index in [0.29, 0.717) is 12.5 Å². The fraction of sp³-hybridized carbons (Fsp3) is 0.414. The average Bonchev–Trinajstić information content (AvgIpc) is 3.32. The summed E-state index contributed by atoms with van der Waals surface area (Å²) >= 11 is 0. The summed E-state index contributed by atoms with van der Waals surface area (Å²) in [4.78, 5) is 4.19. The maximum atomic E-state index is 6.16. The van der Waals surface area contributed by atoms with Crippen LogP contribution in [0, 0.1) is 5.92 Å². The average molecular weight is 442 g/mol. The summed E-state index contributed by atoms with van der Waals surface area (Å²) in [5.41, 5.74) is 5.57. The Bertz CT molecular complexity index is 1090. The minimum atomic E-state index is -0.352. The Morgan fingerprint density at radius 2 is 1.79 bits per heavy atom. The first-order valence-corrected chi connectivity index (χ1v) is 12.2. The van der Waals surface area contributed by atoms with Crippen LogP contribution in [0.25, 0.3) is 0 Å². The molecule has 1 spiro atoms. The lowest BCUT2D eigenvalue weighted by Crippen LogP contribution is -2.51. The van der Waals surface area contributed by atoms with Crippen molar-refractivity contribution >= 4 is 0 Å². The van der Waals surface area contributed by atoms with Gasteiger partial charge in [0.25, 0.3) is 0 Å². The number of benzene rings is 2. The molecule has 2 fully saturated rings. The molecule has 3 aliphatic rings. The van der Waals surface area contributed by atoms with Crippen molar-refractivity contribution in [2.75, 3.05) is 13.2 Å². The maximum absolute atomic E-state index is 6.16. The molecule has 0 amide bonds. The highest BCUT2D eigenvalue weighted by Gasteiger charge is 2.54. The molecule has 170 valence electrons. The van der Waals surface area contributed by atoms with Crippen LogP contribution in [0.2, 0.25) is 0 Å². The third-order valence-corrected chi connectivity index (χ3v) is 7.97. The molecule has 0 unspecified atom stereocenters. The van der Waals surface area contributed by atoms with Crippen LogP contribution in [-0.2, 0) is 34.3 Å². The number of aromatic nitrogens is 1. The third kappa shape index (κ3) is 3.96. The van der Waals surface area contributed by atoms with E-state index in [9.17, 15) is 0 Å². The first-order chi connectivity index (χ1) is 16.2. The first kappa shape index (κ1) is 20.9. The van der Waals surface area contributed by atoms with Crippen molar-refractivity contribution in [2.24, 2.45) is 5.92 Å². The summed E-state index contributed by atoms with van der Waals surface area (Å²) < 4.78 is 18.5. The second kappa shape index (κ2) is 8.58. The molecule has 1 aromatic heterocycles. The largest absolute Gasteiger partial charge is 0.489 e. The zero-order valence-corrected chi connectivity index (χ0v) is 19.0. The topological polar surface area (TPSA) is 40.6 Å². The number of aryl methyl sites for hydroxylation is 1. The van der Waals surface area contributed by atoms with Crippen molar-refractivity contribution in [1.29, 1.82) is 0 Å². The van der Waals surface area contributed by atoms with Crippen LogP contribution >= 0.6 is 0 Å². The summed E-state index contributed by atoms with van der Waals surface area (Å²) in [6.07, 6.45) is 10.0. The highest BCUT2D eigenvalue weighted by molar-refractivity contribution is 5.45. The van der Waals surface area contributed by atoms with E-state index in [2.05, 4.69) is 59.6 Å². The van der Waals surface area contributed by atoms with Gasteiger partial charge in [0.15, 0.2) is 5.79 Å². The molecular weight excluding hydrogens is 410 g/mol. The highest BCUT2D eigenvalue weighted by atomic mass is 16.7. The van der Waals surface area contributed by atoms with Gasteiger partial charge in [0.05, 0.1) is 13.2 Å². The predicted molar refractivity (Wildman–Crippen MR) is 127 cm³/mol. The molecule has 2 aliphatic carbocycles. The van der Waals surface area contributed by atoms with Crippen LogP contribution in [0.4, 0.5) is 0 Å². The summed E-state index contributed by atoms with van der Waals surface area (Å²) in [5, 5.41) is 0. The monoisotopic (exact) mass is 441 g/mol. The van der Waals surface area contributed by atoms with E-state index in [1.54, 1.807) is 6.20 Å². The van der Waals surface area contributed by atoms with Gasteiger partial charge < -0.3 is 14.2 Å². The van der Waals surface area contributed by atoms with Gasteiger partial charge in [-0.3, -0.25) is 4.98 Å². The fourth-order valence-electron chi connectivity index (χ4n) is 6.40. The number of rotatable bonds is 5. The van der Waals surface area contributed by atoms with Gasteiger partial charge in [-0.2, -0.15) is 0 Å². The summed E-state index contributed by atoms with van der Waals surface area (Å²) in [6.45, 7) is 2.00. The van der Waals surface area contributed by atoms with E-state index < -0.39 is 0 Å². The van der Waals surface area contributed by atoms with Crippen molar-refractivity contribution < 1.29 is 14.2 Å². The Kier molecular flexibility index (Phi) is 5.43. The summed E-state index contributed by atoms with van der Waals surface area (Å²) in [5.74, 6) is 1.15. The Labute approximate surface area is 195 Å². The molecule has 1 saturated carbocycles. The smallest absolute Gasteiger partial charge is 0.168 e. The molecule has 3 aromatic rings. The normalized spacial score (nSPS) is 25.4. The van der Waals surface area contributed by atoms with Gasteiger partial charge in [0.1, 0.15) is 12.4 Å². The van der Waals surface area contributed by atoms with Gasteiger partial charge in [-0.25, -0.2) is 0 Å². The van der Waals surface area contributed by atoms with Crippen molar-refractivity contribution in [3.05, 3.63) is 95.3 Å². The molecule has 4 nitrogen and oxygen atoms in total. The molecule has 0 bridgehead atoms. The van der Waals surface area contributed by atoms with Crippen LogP contribution in [0.1, 0.15) is 47.9 Å². The fourth-order valence-corrected chi connectivity index (χ4v) is 6.40. The van der Waals surface area contributed by atoms with Crippen LogP contribution in [0.15, 0.2) is 73.1 Å². The number of hydrogen-bond donors (Lipinski definition) is 0. The van der Waals surface area contributed by atoms with E-state index >= 15 is 0 Å². The van der Waals surface area contributed by atoms with E-state index in [4.69, 9.17) is 14.2 Å². The summed E-state index contributed by atoms with van der Waals surface area (Å²) in [7, 11) is 0. The lowest BCUT2D eigenvalue weighted by molar-refractivity contribution is -0.200. The molecule has 1 saturated heterocycles. The van der Waals surface area contributed by atoms with Crippen molar-refractivity contribution in [3.63, 3.8) is 0 Å². The minimum absolute atomic E-state index is 0.122. The van der Waals surface area contributed by atoms with E-state index in [1.165, 1.54) is 23.1 Å². The van der Waals surface area contributed by atoms with Gasteiger partial charge in [-0.1, -0.05) is 42.5 Å². The molecule has 1 aliphatic heterocycles. The minimum Gasteiger partial charge on any atom is -0.489 e. The Morgan fingerprint density at radius 3 is 2.61 bits per heavy atom. The molecule has 4 heteroatoms. The van der Waals surface area contributed by atoms with Gasteiger partial charge in [-0.15, -0.1) is 0 Å². The lowest BCUT2D eigenvalue weighted by Gasteiger charge is -2.53. The molecule has 2 atom stereocenters. The second-order valence-corrected chi connectivity index (χ2v) is 9.83. The zero-order valence-electron chi connectivity index (χ0n) is 19.0. The zero-order chi connectivity index (χ0) is 22.1. The highest BCUT2D eigenvalue weighted by Crippen LogP contribution is 2.56. The molecular formula is C29H31NO3. The van der Waals surface area contributed by atoms with Crippen molar-refractivity contribution in [1.82, 2.24) is 4.98 Å². The molecule has 6 rings (SSSR count). The number of ether oxygens (including phenoxy) is 3. The lowest BCUT2D eigenvalue weighted by atomic mass is 9.54. The van der Waals surface area contributed by atoms with Gasteiger partial charge >= 0.3 is 0 Å². The van der Waals surface area contributed by atoms with Crippen LogP contribution in [0.5, 0.6) is 5.75 Å². The van der Waals surface area contributed by atoms with E-state index in [0.717, 1.165) is 56.6 Å². The molecule has 2 heterocycles. The molecule has 0 radical (unpaired) electrons. The SMILES string of the molecule is c1ccc(C[C@@]23CCC4(C[C@@H]2CCc2cc(OCc5cccnc5)ccc23)OCCO4)cc1. The van der Waals surface area contributed by atoms with Gasteiger partial charge in [-0.05, 0) is 66.5 Å². The van der Waals surface area contributed by atoms with Crippen molar-refractivity contribution in [3.8, 4) is 5.75 Å². The number of fused-ring (bicyclic) bond motifs is 3. The Morgan fingerprint density at radius 1 is 0.939 bits per heavy atom. The van der Waals surface area contributed by atoms with Crippen LogP contribution < -0.4 is 4.74 Å². The first-order valence-electron chi connectivity index (χ1n) is 12.2. The van der Waals surface area contributed by atoms with Crippen molar-refractivity contribution in [2.45, 2.75) is 56.3 Å². The number of hydrogen-bond acceptors (Lipinski definition) is 4. The predicted octanol–water partition coefficient (Wildman–Crippen LogP) is 5.63. The quantitative estimate of drug-likeness (QED) is 0.514. The Hall–Kier alpha value is -2.69. The Balaban J connectivity index is 1.31. The van der Waals surface area contributed by atoms with E-state index in [-0.39, 0.29) is 11.2 Å². The van der Waals surface area contributed by atoms with E-state index in [1.807, 2.05) is 12.3 Å². The van der Waals surface area contributed by atoms with Gasteiger partial charge in [0, 0.05) is 36.2 Å². The molecule has 2 aromatic carbocycles. The number of nitrogens with zero attached hydrogens (tertiary/aromatic N) is 1. The van der Waals surface area contributed by atoms with Crippen LogP contribution in [0.3, 0.4) is 0 Å². The van der Waals surface area contributed by atoms with Gasteiger partial charge in [0.2, 0.25) is 0 Å². The molecule has 0 N–H and O–H groups in total. The summed E-state index contributed by atoms with van der Waals surface area (Å²) in [6, 6.07) is 21.8.